The fourth-order valence-electron chi connectivity index (χ4n) is 7.61. The van der Waals surface area contributed by atoms with E-state index < -0.39 is 0 Å². The summed E-state index contributed by atoms with van der Waals surface area (Å²) in [7, 11) is 0. The molecule has 0 spiro atoms. The van der Waals surface area contributed by atoms with Crippen LogP contribution in [0.4, 0.5) is 0 Å². The van der Waals surface area contributed by atoms with Gasteiger partial charge in [0.2, 0.25) is 0 Å². The highest BCUT2D eigenvalue weighted by Gasteiger charge is 2.59. The highest BCUT2D eigenvalue weighted by molar-refractivity contribution is 5.08. The molecule has 1 aliphatic heterocycles. The topological polar surface area (TPSA) is 18.5 Å². The average molecular weight is 349 g/mol. The molecule has 2 heteroatoms. The predicted molar refractivity (Wildman–Crippen MR) is 103 cm³/mol. The predicted octanol–water partition coefficient (Wildman–Crippen LogP) is 5.84. The van der Waals surface area contributed by atoms with Crippen LogP contribution in [0.15, 0.2) is 0 Å². The molecule has 4 rings (SSSR count). The van der Waals surface area contributed by atoms with Crippen LogP contribution in [0, 0.1) is 34.5 Å². The summed E-state index contributed by atoms with van der Waals surface area (Å²) in [5, 5.41) is 0. The minimum absolute atomic E-state index is 0.458. The van der Waals surface area contributed by atoms with Crippen molar-refractivity contribution in [3.63, 3.8) is 0 Å². The Balaban J connectivity index is 1.51. The quantitative estimate of drug-likeness (QED) is 0.594. The summed E-state index contributed by atoms with van der Waals surface area (Å²) in [6.07, 6.45) is 14.1. The number of unbranched alkanes of at least 4 members (excludes halogenated alkanes) is 1. The second kappa shape index (κ2) is 7.15. The van der Waals surface area contributed by atoms with E-state index in [1.54, 1.807) is 0 Å². The van der Waals surface area contributed by atoms with E-state index in [4.69, 9.17) is 9.47 Å². The fourth-order valence-corrected chi connectivity index (χ4v) is 7.61. The minimum atomic E-state index is 0.458. The van der Waals surface area contributed by atoms with Crippen molar-refractivity contribution in [2.75, 3.05) is 19.8 Å². The van der Waals surface area contributed by atoms with Gasteiger partial charge in [-0.1, -0.05) is 27.2 Å². The lowest BCUT2D eigenvalue weighted by atomic mass is 9.47. The molecule has 0 aromatic carbocycles. The zero-order chi connectivity index (χ0) is 17.5. The average Bonchev–Trinajstić information content (AvgIpc) is 2.80. The van der Waals surface area contributed by atoms with Crippen molar-refractivity contribution in [1.29, 1.82) is 0 Å². The molecule has 4 fully saturated rings. The van der Waals surface area contributed by atoms with Crippen LogP contribution < -0.4 is 0 Å². The van der Waals surface area contributed by atoms with Crippen LogP contribution in [0.3, 0.4) is 0 Å². The number of hydrogen-bond acceptors (Lipinski definition) is 2. The summed E-state index contributed by atoms with van der Waals surface area (Å²) >= 11 is 0. The lowest BCUT2D eigenvalue weighted by molar-refractivity contribution is -0.122. The molecule has 3 unspecified atom stereocenters. The van der Waals surface area contributed by atoms with Gasteiger partial charge in [-0.2, -0.15) is 0 Å². The van der Waals surface area contributed by atoms with Crippen LogP contribution in [0.2, 0.25) is 0 Å². The van der Waals surface area contributed by atoms with E-state index in [9.17, 15) is 0 Å². The Hall–Kier alpha value is -0.0800. The first kappa shape index (κ1) is 18.3. The van der Waals surface area contributed by atoms with Crippen LogP contribution in [-0.4, -0.2) is 25.9 Å². The monoisotopic (exact) mass is 348 g/mol. The molecule has 0 aromatic rings. The maximum Gasteiger partial charge on any atom is 0.0631 e. The van der Waals surface area contributed by atoms with Crippen LogP contribution in [0.1, 0.15) is 85.0 Å². The zero-order valence-corrected chi connectivity index (χ0v) is 16.9. The number of hydrogen-bond donors (Lipinski definition) is 0. The van der Waals surface area contributed by atoms with Crippen LogP contribution in [-0.2, 0) is 9.47 Å². The number of fused-ring (bicyclic) bond motifs is 5. The van der Waals surface area contributed by atoms with Gasteiger partial charge in [-0.15, -0.1) is 0 Å². The molecule has 3 saturated carbocycles. The highest BCUT2D eigenvalue weighted by Crippen LogP contribution is 2.65. The normalized spacial score (nSPS) is 49.8. The third kappa shape index (κ3) is 3.00. The van der Waals surface area contributed by atoms with Gasteiger partial charge in [-0.3, -0.25) is 0 Å². The maximum absolute atomic E-state index is 6.43. The number of rotatable bonds is 4. The molecular formula is C23H40O2. The van der Waals surface area contributed by atoms with Crippen LogP contribution in [0.25, 0.3) is 0 Å². The third-order valence-corrected chi connectivity index (χ3v) is 9.19. The standard InChI is InChI=1S/C23H40O2/c1-4-5-14-25-21-9-8-19-18-7-6-17-11-15-24-16-13-22(17,2)20(18)10-12-23(19,21)3/h17-21H,4-16H2,1-3H3/t17?,18?,19?,20-,21-,22-,23-/m0/s1. The molecule has 0 amide bonds. The maximum atomic E-state index is 6.43. The minimum Gasteiger partial charge on any atom is -0.381 e. The van der Waals surface area contributed by atoms with Crippen molar-refractivity contribution < 1.29 is 9.47 Å². The first-order chi connectivity index (χ1) is 12.1. The molecule has 2 nitrogen and oxygen atoms in total. The Kier molecular flexibility index (Phi) is 5.23. The molecule has 1 saturated heterocycles. The second-order valence-corrected chi connectivity index (χ2v) is 10.1. The molecule has 0 N–H and O–H groups in total. The van der Waals surface area contributed by atoms with E-state index in [2.05, 4.69) is 20.8 Å². The SMILES string of the molecule is CCCCO[C@H]1CCC2C3CCC4CCOCC[C@]4(C)[C@H]3CC[C@@]21C. The molecule has 3 aliphatic carbocycles. The van der Waals surface area contributed by atoms with Gasteiger partial charge < -0.3 is 9.47 Å². The van der Waals surface area contributed by atoms with Gasteiger partial charge in [-0.25, -0.2) is 0 Å². The van der Waals surface area contributed by atoms with Gasteiger partial charge in [0.1, 0.15) is 0 Å². The Bertz CT molecular complexity index is 463. The van der Waals surface area contributed by atoms with Crippen molar-refractivity contribution in [3.8, 4) is 0 Å². The Labute approximate surface area is 155 Å². The van der Waals surface area contributed by atoms with Crippen molar-refractivity contribution in [2.45, 2.75) is 91.1 Å². The Morgan fingerprint density at radius 1 is 0.880 bits per heavy atom. The molecule has 0 radical (unpaired) electrons. The molecule has 25 heavy (non-hydrogen) atoms. The largest absolute Gasteiger partial charge is 0.381 e. The Morgan fingerprint density at radius 2 is 1.72 bits per heavy atom. The molecule has 1 heterocycles. The van der Waals surface area contributed by atoms with Gasteiger partial charge in [0.05, 0.1) is 6.10 Å². The van der Waals surface area contributed by atoms with E-state index in [1.807, 2.05) is 0 Å². The highest BCUT2D eigenvalue weighted by atomic mass is 16.5. The van der Waals surface area contributed by atoms with Crippen molar-refractivity contribution in [2.24, 2.45) is 34.5 Å². The van der Waals surface area contributed by atoms with E-state index >= 15 is 0 Å². The smallest absolute Gasteiger partial charge is 0.0631 e. The van der Waals surface area contributed by atoms with Crippen molar-refractivity contribution in [3.05, 3.63) is 0 Å². The first-order valence-corrected chi connectivity index (χ1v) is 11.3. The Morgan fingerprint density at radius 3 is 2.56 bits per heavy atom. The van der Waals surface area contributed by atoms with Gasteiger partial charge in [-0.05, 0) is 92.3 Å². The van der Waals surface area contributed by atoms with Gasteiger partial charge in [0.15, 0.2) is 0 Å². The molecule has 7 atom stereocenters. The lowest BCUT2D eigenvalue weighted by Gasteiger charge is -2.58. The lowest BCUT2D eigenvalue weighted by Crippen LogP contribution is -2.52. The van der Waals surface area contributed by atoms with Gasteiger partial charge in [0, 0.05) is 19.8 Å². The first-order valence-electron chi connectivity index (χ1n) is 11.3. The van der Waals surface area contributed by atoms with Gasteiger partial charge in [0.25, 0.3) is 0 Å². The summed E-state index contributed by atoms with van der Waals surface area (Å²) in [6, 6.07) is 0. The third-order valence-electron chi connectivity index (χ3n) is 9.19. The number of ether oxygens (including phenoxy) is 2. The van der Waals surface area contributed by atoms with E-state index in [1.165, 1.54) is 64.2 Å². The zero-order valence-electron chi connectivity index (χ0n) is 16.9. The summed E-state index contributed by atoms with van der Waals surface area (Å²) in [4.78, 5) is 0. The fraction of sp³-hybridized carbons (Fsp3) is 1.00. The van der Waals surface area contributed by atoms with E-state index in [0.717, 1.165) is 43.5 Å². The molecule has 4 aliphatic rings. The van der Waals surface area contributed by atoms with Crippen molar-refractivity contribution >= 4 is 0 Å². The summed E-state index contributed by atoms with van der Waals surface area (Å²) in [5.74, 6) is 3.73. The summed E-state index contributed by atoms with van der Waals surface area (Å²) in [5.41, 5.74) is 1.00. The van der Waals surface area contributed by atoms with Crippen molar-refractivity contribution in [1.82, 2.24) is 0 Å². The van der Waals surface area contributed by atoms with E-state index in [0.29, 0.717) is 16.9 Å². The molecule has 0 bridgehead atoms. The second-order valence-electron chi connectivity index (χ2n) is 10.1. The van der Waals surface area contributed by atoms with E-state index in [-0.39, 0.29) is 0 Å². The molecular weight excluding hydrogens is 308 g/mol. The summed E-state index contributed by atoms with van der Waals surface area (Å²) in [6.45, 7) is 10.5. The van der Waals surface area contributed by atoms with Crippen LogP contribution in [0.5, 0.6) is 0 Å². The van der Waals surface area contributed by atoms with Crippen LogP contribution >= 0.6 is 0 Å². The summed E-state index contributed by atoms with van der Waals surface area (Å²) < 4.78 is 12.3. The van der Waals surface area contributed by atoms with Gasteiger partial charge >= 0.3 is 0 Å². The molecule has 0 aromatic heterocycles. The molecule has 144 valence electrons.